The highest BCUT2D eigenvalue weighted by atomic mass is 16.6. The molecule has 0 rings (SSSR count). The molecule has 0 heterocycles. The first-order chi connectivity index (χ1) is 36.0. The van der Waals surface area contributed by atoms with E-state index in [0.717, 1.165) is 141 Å². The second-order valence-corrected chi connectivity index (χ2v) is 18.8. The van der Waals surface area contributed by atoms with E-state index in [-0.39, 0.29) is 31.6 Å². The Hall–Kier alpha value is -4.71. The lowest BCUT2D eigenvalue weighted by Crippen LogP contribution is -2.30. The number of ether oxygens (including phenoxy) is 3. The zero-order valence-corrected chi connectivity index (χ0v) is 46.8. The Kier molecular flexibility index (Phi) is 56.0. The summed E-state index contributed by atoms with van der Waals surface area (Å²) >= 11 is 0. The zero-order chi connectivity index (χ0) is 52.9. The van der Waals surface area contributed by atoms with Gasteiger partial charge in [-0.15, -0.1) is 0 Å². The van der Waals surface area contributed by atoms with Crippen LogP contribution in [0.15, 0.2) is 146 Å². The van der Waals surface area contributed by atoms with Crippen molar-refractivity contribution < 1.29 is 28.6 Å². The van der Waals surface area contributed by atoms with E-state index in [9.17, 15) is 14.4 Å². The van der Waals surface area contributed by atoms with Gasteiger partial charge in [0.25, 0.3) is 0 Å². The Morgan fingerprint density at radius 1 is 0.288 bits per heavy atom. The van der Waals surface area contributed by atoms with Crippen LogP contribution in [-0.4, -0.2) is 37.2 Å². The molecule has 0 radical (unpaired) electrons. The number of rotatable bonds is 51. The van der Waals surface area contributed by atoms with Gasteiger partial charge >= 0.3 is 17.9 Å². The largest absolute Gasteiger partial charge is 0.462 e. The van der Waals surface area contributed by atoms with E-state index in [2.05, 4.69) is 154 Å². The van der Waals surface area contributed by atoms with E-state index in [1.54, 1.807) is 0 Å². The first-order valence-corrected chi connectivity index (χ1v) is 29.3. The van der Waals surface area contributed by atoms with Crippen molar-refractivity contribution in [3.8, 4) is 0 Å². The van der Waals surface area contributed by atoms with Gasteiger partial charge in [0.05, 0.1) is 0 Å². The van der Waals surface area contributed by atoms with E-state index in [0.29, 0.717) is 19.3 Å². The van der Waals surface area contributed by atoms with Gasteiger partial charge in [-0.25, -0.2) is 0 Å². The third-order valence-electron chi connectivity index (χ3n) is 11.8. The van der Waals surface area contributed by atoms with Gasteiger partial charge in [0.15, 0.2) is 6.10 Å². The molecule has 6 heteroatoms. The van der Waals surface area contributed by atoms with Gasteiger partial charge in [-0.05, 0) is 122 Å². The Morgan fingerprint density at radius 2 is 0.562 bits per heavy atom. The van der Waals surface area contributed by atoms with Gasteiger partial charge in [0.1, 0.15) is 13.2 Å². The van der Waals surface area contributed by atoms with E-state index in [1.165, 1.54) is 51.4 Å². The normalized spacial score (nSPS) is 13.2. The summed E-state index contributed by atoms with van der Waals surface area (Å²) in [6.07, 6.45) is 85.8. The molecule has 0 N–H and O–H groups in total. The number of hydrogen-bond donors (Lipinski definition) is 0. The smallest absolute Gasteiger partial charge is 0.306 e. The van der Waals surface area contributed by atoms with Crippen LogP contribution in [0.4, 0.5) is 0 Å². The van der Waals surface area contributed by atoms with E-state index >= 15 is 0 Å². The van der Waals surface area contributed by atoms with Gasteiger partial charge in [-0.3, -0.25) is 14.4 Å². The van der Waals surface area contributed by atoms with E-state index in [1.807, 2.05) is 12.2 Å². The van der Waals surface area contributed by atoms with Crippen LogP contribution in [0.1, 0.15) is 239 Å². The topological polar surface area (TPSA) is 78.9 Å². The number of hydrogen-bond acceptors (Lipinski definition) is 6. The van der Waals surface area contributed by atoms with Crippen LogP contribution in [0.5, 0.6) is 0 Å². The van der Waals surface area contributed by atoms with Crippen molar-refractivity contribution in [1.82, 2.24) is 0 Å². The molecule has 410 valence electrons. The summed E-state index contributed by atoms with van der Waals surface area (Å²) < 4.78 is 16.7. The van der Waals surface area contributed by atoms with Crippen molar-refractivity contribution in [2.75, 3.05) is 13.2 Å². The minimum absolute atomic E-state index is 0.118. The number of carbonyl (C=O) groups is 3. The first kappa shape index (κ1) is 68.3. The average Bonchev–Trinajstić information content (AvgIpc) is 3.39. The maximum absolute atomic E-state index is 12.8. The molecule has 0 amide bonds. The third kappa shape index (κ3) is 58.1. The molecule has 0 saturated heterocycles. The average molecular weight is 1010 g/mol. The SMILES string of the molecule is CC/C=C\C/C=C\C/C=C\C/C=C\C/C=C\C/C=C\CCCCCCCCCCCCC(=O)OCC(COC(=O)CCCCCCC/C=C\C/C=C\CCC)OC(=O)CC/C=C\C/C=C\C/C=C\C/C=C\CC. The van der Waals surface area contributed by atoms with Crippen molar-refractivity contribution in [3.05, 3.63) is 146 Å². The minimum Gasteiger partial charge on any atom is -0.462 e. The molecule has 0 aromatic carbocycles. The molecule has 0 fully saturated rings. The zero-order valence-electron chi connectivity index (χ0n) is 46.8. The molecule has 0 saturated carbocycles. The lowest BCUT2D eigenvalue weighted by Gasteiger charge is -2.18. The van der Waals surface area contributed by atoms with E-state index < -0.39 is 12.1 Å². The van der Waals surface area contributed by atoms with Crippen LogP contribution in [0.2, 0.25) is 0 Å². The fraction of sp³-hybridized carbons (Fsp3) is 0.597. The summed E-state index contributed by atoms with van der Waals surface area (Å²) in [5, 5.41) is 0. The van der Waals surface area contributed by atoms with Crippen LogP contribution >= 0.6 is 0 Å². The van der Waals surface area contributed by atoms with Crippen LogP contribution in [0.3, 0.4) is 0 Å². The fourth-order valence-electron chi connectivity index (χ4n) is 7.50. The van der Waals surface area contributed by atoms with Crippen LogP contribution in [0.25, 0.3) is 0 Å². The fourth-order valence-corrected chi connectivity index (χ4v) is 7.50. The maximum Gasteiger partial charge on any atom is 0.306 e. The molecular formula is C67H106O6. The molecule has 0 aliphatic rings. The van der Waals surface area contributed by atoms with Crippen LogP contribution in [0, 0.1) is 0 Å². The van der Waals surface area contributed by atoms with Gasteiger partial charge in [-0.2, -0.15) is 0 Å². The number of carbonyl (C=O) groups excluding carboxylic acids is 3. The Bertz CT molecular complexity index is 1630. The highest BCUT2D eigenvalue weighted by Gasteiger charge is 2.19. The highest BCUT2D eigenvalue weighted by Crippen LogP contribution is 2.14. The second kappa shape index (κ2) is 59.8. The molecule has 0 aromatic heterocycles. The van der Waals surface area contributed by atoms with Crippen molar-refractivity contribution in [2.45, 2.75) is 245 Å². The molecule has 0 aliphatic heterocycles. The standard InChI is InChI=1S/C67H106O6/c1-4-7-10-13-16-19-22-25-26-27-28-29-30-31-32-33-34-35-36-37-38-39-40-43-45-48-51-54-57-60-66(69)72-63-64(73-67(70)61-58-55-52-49-46-42-24-21-18-15-12-9-6-3)62-71-65(68)59-56-53-50-47-44-41-23-20-17-14-11-8-5-2/h7,9-12,14,16,18-21,23,25-26,28-29,31-32,34-35,42,46,52,55,64H,4-6,8,13,15,17,22,24,27,30,33,36-41,43-45,47-51,53-54,56-63H2,1-3H3/b10-7-,12-9-,14-11-,19-16-,21-18-,23-20-,26-25-,29-28-,32-31-,35-34-,46-42-,55-52-. The first-order valence-electron chi connectivity index (χ1n) is 29.3. The second-order valence-electron chi connectivity index (χ2n) is 18.8. The predicted octanol–water partition coefficient (Wildman–Crippen LogP) is 20.0. The quantitative estimate of drug-likeness (QED) is 0.0261. The molecule has 0 aliphatic carbocycles. The Labute approximate surface area is 448 Å². The monoisotopic (exact) mass is 1010 g/mol. The Balaban J connectivity index is 4.33. The van der Waals surface area contributed by atoms with Gasteiger partial charge in [0, 0.05) is 19.3 Å². The number of allylic oxidation sites excluding steroid dienone is 24. The molecule has 1 atom stereocenters. The van der Waals surface area contributed by atoms with Crippen LogP contribution < -0.4 is 0 Å². The molecule has 6 nitrogen and oxygen atoms in total. The van der Waals surface area contributed by atoms with Crippen molar-refractivity contribution in [2.24, 2.45) is 0 Å². The molecule has 73 heavy (non-hydrogen) atoms. The number of unbranched alkanes of at least 4 members (excludes halogenated alkanes) is 16. The molecule has 0 aromatic rings. The van der Waals surface area contributed by atoms with Crippen molar-refractivity contribution in [1.29, 1.82) is 0 Å². The third-order valence-corrected chi connectivity index (χ3v) is 11.8. The highest BCUT2D eigenvalue weighted by molar-refractivity contribution is 5.71. The summed E-state index contributed by atoms with van der Waals surface area (Å²) in [7, 11) is 0. The molecule has 0 spiro atoms. The van der Waals surface area contributed by atoms with Crippen molar-refractivity contribution in [3.63, 3.8) is 0 Å². The Morgan fingerprint density at radius 3 is 0.890 bits per heavy atom. The summed E-state index contributed by atoms with van der Waals surface area (Å²) in [4.78, 5) is 38.1. The predicted molar refractivity (Wildman–Crippen MR) is 315 cm³/mol. The number of esters is 3. The summed E-state index contributed by atoms with van der Waals surface area (Å²) in [6, 6.07) is 0. The van der Waals surface area contributed by atoms with Gasteiger partial charge in [-0.1, -0.05) is 244 Å². The molecule has 0 bridgehead atoms. The van der Waals surface area contributed by atoms with E-state index in [4.69, 9.17) is 14.2 Å². The summed E-state index contributed by atoms with van der Waals surface area (Å²) in [6.45, 7) is 6.25. The summed E-state index contributed by atoms with van der Waals surface area (Å²) in [5.41, 5.74) is 0. The molecular weight excluding hydrogens is 901 g/mol. The maximum atomic E-state index is 12.8. The lowest BCUT2D eigenvalue weighted by molar-refractivity contribution is -0.166. The lowest BCUT2D eigenvalue weighted by atomic mass is 10.1. The molecule has 1 unspecified atom stereocenters. The van der Waals surface area contributed by atoms with Gasteiger partial charge < -0.3 is 14.2 Å². The van der Waals surface area contributed by atoms with Gasteiger partial charge in [0.2, 0.25) is 0 Å². The summed E-state index contributed by atoms with van der Waals surface area (Å²) in [5.74, 6) is -1.03. The van der Waals surface area contributed by atoms with Crippen LogP contribution in [-0.2, 0) is 28.6 Å². The van der Waals surface area contributed by atoms with Crippen molar-refractivity contribution >= 4 is 17.9 Å². The minimum atomic E-state index is -0.829.